The van der Waals surface area contributed by atoms with E-state index in [4.69, 9.17) is 0 Å². The number of carboxylic acid groups (broad SMARTS) is 1. The zero-order valence-corrected chi connectivity index (χ0v) is 15.8. The van der Waals surface area contributed by atoms with E-state index in [2.05, 4.69) is 34.1 Å². The maximum Gasteiger partial charge on any atom is 0.336 e. The fourth-order valence-corrected chi connectivity index (χ4v) is 4.03. The Bertz CT molecular complexity index is 930. The van der Waals surface area contributed by atoms with Crippen molar-refractivity contribution in [1.82, 2.24) is 9.88 Å². The minimum absolute atomic E-state index is 0.341. The van der Waals surface area contributed by atoms with Crippen molar-refractivity contribution in [3.8, 4) is 11.1 Å². The molecular weight excluding hydrogens is 348 g/mol. The molecule has 0 unspecified atom stereocenters. The number of aromatic nitrogens is 1. The summed E-state index contributed by atoms with van der Waals surface area (Å²) < 4.78 is 0. The first-order chi connectivity index (χ1) is 13.7. The molecule has 4 heteroatoms. The summed E-state index contributed by atoms with van der Waals surface area (Å²) in [6.45, 7) is 3.12. The lowest BCUT2D eigenvalue weighted by Crippen LogP contribution is -2.32. The van der Waals surface area contributed by atoms with Gasteiger partial charge in [-0.2, -0.15) is 0 Å². The highest BCUT2D eigenvalue weighted by molar-refractivity contribution is 5.95. The molecule has 0 spiro atoms. The number of piperidine rings is 1. The summed E-state index contributed by atoms with van der Waals surface area (Å²) in [5.74, 6) is -0.258. The highest BCUT2D eigenvalue weighted by Gasteiger charge is 2.20. The lowest BCUT2D eigenvalue weighted by Gasteiger charge is -2.32. The molecule has 1 fully saturated rings. The normalized spacial score (nSPS) is 15.4. The van der Waals surface area contributed by atoms with Gasteiger partial charge in [0.2, 0.25) is 0 Å². The molecule has 1 N–H and O–H groups in total. The summed E-state index contributed by atoms with van der Waals surface area (Å²) in [6, 6.07) is 19.7. The molecule has 0 atom stereocenters. The van der Waals surface area contributed by atoms with Crippen molar-refractivity contribution >= 4 is 5.97 Å². The van der Waals surface area contributed by atoms with Crippen LogP contribution < -0.4 is 0 Å². The van der Waals surface area contributed by atoms with Crippen LogP contribution in [-0.4, -0.2) is 34.0 Å². The first-order valence-corrected chi connectivity index (χ1v) is 9.74. The topological polar surface area (TPSA) is 53.4 Å². The van der Waals surface area contributed by atoms with Crippen LogP contribution in [0.1, 0.15) is 40.2 Å². The van der Waals surface area contributed by atoms with E-state index in [1.807, 2.05) is 36.7 Å². The van der Waals surface area contributed by atoms with Crippen LogP contribution in [0.15, 0.2) is 73.1 Å². The molecule has 2 heterocycles. The molecule has 0 radical (unpaired) electrons. The van der Waals surface area contributed by atoms with E-state index in [1.165, 1.54) is 24.0 Å². The predicted octanol–water partition coefficient (Wildman–Crippen LogP) is 4.83. The Morgan fingerprint density at radius 2 is 1.64 bits per heavy atom. The van der Waals surface area contributed by atoms with Gasteiger partial charge < -0.3 is 5.11 Å². The molecule has 0 saturated carbocycles. The third kappa shape index (κ3) is 4.12. The van der Waals surface area contributed by atoms with Gasteiger partial charge in [-0.1, -0.05) is 42.5 Å². The Morgan fingerprint density at radius 1 is 0.964 bits per heavy atom. The number of carbonyl (C=O) groups is 1. The van der Waals surface area contributed by atoms with Crippen molar-refractivity contribution in [3.63, 3.8) is 0 Å². The fraction of sp³-hybridized carbons (Fsp3) is 0.250. The van der Waals surface area contributed by atoms with Crippen molar-refractivity contribution in [3.05, 3.63) is 89.7 Å². The first-order valence-electron chi connectivity index (χ1n) is 9.74. The number of nitrogens with zero attached hydrogens (tertiary/aromatic N) is 2. The van der Waals surface area contributed by atoms with E-state index in [0.717, 1.165) is 30.8 Å². The number of carboxylic acids is 1. The molecule has 1 aromatic heterocycles. The van der Waals surface area contributed by atoms with Crippen LogP contribution in [0.5, 0.6) is 0 Å². The molecule has 4 nitrogen and oxygen atoms in total. The molecule has 1 saturated heterocycles. The molecule has 3 aromatic rings. The summed E-state index contributed by atoms with van der Waals surface area (Å²) in [6.07, 6.45) is 6.11. The summed E-state index contributed by atoms with van der Waals surface area (Å²) in [5, 5.41) is 9.39. The molecule has 1 aliphatic rings. The Hall–Kier alpha value is -2.98. The SMILES string of the molecule is O=C(O)c1ccccc1-c1ccc(CN2CCC(c3ccncc3)CC2)cc1. The van der Waals surface area contributed by atoms with Gasteiger partial charge in [-0.05, 0) is 72.3 Å². The number of rotatable bonds is 5. The fourth-order valence-electron chi connectivity index (χ4n) is 4.03. The first kappa shape index (κ1) is 18.4. The zero-order chi connectivity index (χ0) is 19.3. The second-order valence-corrected chi connectivity index (χ2v) is 7.38. The number of pyridine rings is 1. The predicted molar refractivity (Wildman–Crippen MR) is 110 cm³/mol. The molecule has 28 heavy (non-hydrogen) atoms. The van der Waals surface area contributed by atoms with Gasteiger partial charge in [-0.3, -0.25) is 9.88 Å². The largest absolute Gasteiger partial charge is 0.478 e. The van der Waals surface area contributed by atoms with Gasteiger partial charge >= 0.3 is 5.97 Å². The zero-order valence-electron chi connectivity index (χ0n) is 15.8. The lowest BCUT2D eigenvalue weighted by atomic mass is 9.90. The van der Waals surface area contributed by atoms with Crippen molar-refractivity contribution in [1.29, 1.82) is 0 Å². The molecule has 2 aromatic carbocycles. The standard InChI is InChI=1S/C24H24N2O2/c27-24(28)23-4-2-1-3-22(23)21-7-5-18(6-8-21)17-26-15-11-20(12-16-26)19-9-13-25-14-10-19/h1-10,13-14,20H,11-12,15-17H2,(H,27,28). The van der Waals surface area contributed by atoms with Gasteiger partial charge in [0.25, 0.3) is 0 Å². The number of likely N-dealkylation sites (tertiary alicyclic amines) is 1. The summed E-state index contributed by atoms with van der Waals surface area (Å²) in [4.78, 5) is 18.1. The van der Waals surface area contributed by atoms with Crippen molar-refractivity contribution in [2.45, 2.75) is 25.3 Å². The summed E-state index contributed by atoms with van der Waals surface area (Å²) >= 11 is 0. The van der Waals surface area contributed by atoms with E-state index in [1.54, 1.807) is 12.1 Å². The Labute approximate surface area is 165 Å². The van der Waals surface area contributed by atoms with Gasteiger partial charge in [0.15, 0.2) is 0 Å². The van der Waals surface area contributed by atoms with Crippen LogP contribution in [0, 0.1) is 0 Å². The Kier molecular flexibility index (Phi) is 5.49. The minimum atomic E-state index is -0.892. The van der Waals surface area contributed by atoms with Gasteiger partial charge in [0.05, 0.1) is 5.56 Å². The molecule has 0 amide bonds. The van der Waals surface area contributed by atoms with Crippen LogP contribution in [-0.2, 0) is 6.54 Å². The smallest absolute Gasteiger partial charge is 0.336 e. The minimum Gasteiger partial charge on any atom is -0.478 e. The van der Waals surface area contributed by atoms with Gasteiger partial charge in [0, 0.05) is 18.9 Å². The van der Waals surface area contributed by atoms with E-state index in [9.17, 15) is 9.90 Å². The van der Waals surface area contributed by atoms with Crippen molar-refractivity contribution in [2.24, 2.45) is 0 Å². The highest BCUT2D eigenvalue weighted by atomic mass is 16.4. The maximum absolute atomic E-state index is 11.4. The van der Waals surface area contributed by atoms with E-state index >= 15 is 0 Å². The van der Waals surface area contributed by atoms with Crippen LogP contribution in [0.4, 0.5) is 0 Å². The van der Waals surface area contributed by atoms with E-state index in [0.29, 0.717) is 11.5 Å². The van der Waals surface area contributed by atoms with Crippen molar-refractivity contribution in [2.75, 3.05) is 13.1 Å². The second kappa shape index (κ2) is 8.36. The molecule has 0 aliphatic carbocycles. The van der Waals surface area contributed by atoms with Gasteiger partial charge in [-0.15, -0.1) is 0 Å². The monoisotopic (exact) mass is 372 g/mol. The average molecular weight is 372 g/mol. The number of benzene rings is 2. The molecular formula is C24H24N2O2. The van der Waals surface area contributed by atoms with Crippen LogP contribution in [0.25, 0.3) is 11.1 Å². The molecule has 4 rings (SSSR count). The maximum atomic E-state index is 11.4. The van der Waals surface area contributed by atoms with Crippen LogP contribution >= 0.6 is 0 Å². The molecule has 0 bridgehead atoms. The van der Waals surface area contributed by atoms with Gasteiger partial charge in [-0.25, -0.2) is 4.79 Å². The van der Waals surface area contributed by atoms with Gasteiger partial charge in [0.1, 0.15) is 0 Å². The number of hydrogen-bond donors (Lipinski definition) is 1. The quantitative estimate of drug-likeness (QED) is 0.697. The van der Waals surface area contributed by atoms with Crippen LogP contribution in [0.3, 0.4) is 0 Å². The summed E-state index contributed by atoms with van der Waals surface area (Å²) in [5.41, 5.74) is 4.71. The third-order valence-corrected chi connectivity index (χ3v) is 5.59. The highest BCUT2D eigenvalue weighted by Crippen LogP contribution is 2.29. The Morgan fingerprint density at radius 3 is 2.32 bits per heavy atom. The molecule has 142 valence electrons. The third-order valence-electron chi connectivity index (χ3n) is 5.59. The molecule has 1 aliphatic heterocycles. The van der Waals surface area contributed by atoms with Crippen molar-refractivity contribution < 1.29 is 9.90 Å². The average Bonchev–Trinajstić information content (AvgIpc) is 2.75. The number of hydrogen-bond acceptors (Lipinski definition) is 3. The van der Waals surface area contributed by atoms with Crippen LogP contribution in [0.2, 0.25) is 0 Å². The lowest BCUT2D eigenvalue weighted by molar-refractivity contribution is 0.0697. The van der Waals surface area contributed by atoms with E-state index < -0.39 is 5.97 Å². The summed E-state index contributed by atoms with van der Waals surface area (Å²) in [7, 11) is 0. The Balaban J connectivity index is 1.39. The second-order valence-electron chi connectivity index (χ2n) is 7.38. The van der Waals surface area contributed by atoms with E-state index in [-0.39, 0.29) is 0 Å². The number of aromatic carboxylic acids is 1.